The van der Waals surface area contributed by atoms with Crippen molar-refractivity contribution >= 4 is 28.3 Å². The molecule has 0 unspecified atom stereocenters. The van der Waals surface area contributed by atoms with Crippen molar-refractivity contribution in [3.8, 4) is 0 Å². The Balaban J connectivity index is 1.23. The molecule has 0 amide bonds. The van der Waals surface area contributed by atoms with Gasteiger partial charge in [-0.3, -0.25) is 9.80 Å². The van der Waals surface area contributed by atoms with Gasteiger partial charge in [0, 0.05) is 56.2 Å². The summed E-state index contributed by atoms with van der Waals surface area (Å²) in [5, 5.41) is 12.7. The molecule has 5 rings (SSSR count). The van der Waals surface area contributed by atoms with E-state index in [1.165, 1.54) is 11.1 Å². The first-order valence-electron chi connectivity index (χ1n) is 10.9. The van der Waals surface area contributed by atoms with Gasteiger partial charge >= 0.3 is 0 Å². The minimum absolute atomic E-state index is 0.133. The molecule has 0 spiro atoms. The Morgan fingerprint density at radius 2 is 1.77 bits per heavy atom. The lowest BCUT2D eigenvalue weighted by Crippen LogP contribution is -2.53. The van der Waals surface area contributed by atoms with Crippen molar-refractivity contribution in [1.29, 1.82) is 0 Å². The molecule has 0 bridgehead atoms. The molecule has 0 saturated carbocycles. The van der Waals surface area contributed by atoms with Crippen LogP contribution in [0.5, 0.6) is 0 Å². The van der Waals surface area contributed by atoms with Crippen LogP contribution in [0.3, 0.4) is 0 Å². The third kappa shape index (κ3) is 4.39. The molecule has 31 heavy (non-hydrogen) atoms. The maximum absolute atomic E-state index is 10.9. The van der Waals surface area contributed by atoms with Crippen LogP contribution in [0.2, 0.25) is 5.02 Å². The molecule has 6 nitrogen and oxygen atoms in total. The summed E-state index contributed by atoms with van der Waals surface area (Å²) in [5.74, 6) is 0.924. The van der Waals surface area contributed by atoms with Gasteiger partial charge in [-0.05, 0) is 42.3 Å². The number of hydrogen-bond acceptors (Lipinski definition) is 6. The Hall–Kier alpha value is -2.25. The number of benzene rings is 2. The number of rotatable bonds is 4. The monoisotopic (exact) mass is 437 g/mol. The first-order chi connectivity index (χ1) is 15.1. The molecule has 7 heteroatoms. The molecule has 2 fully saturated rings. The van der Waals surface area contributed by atoms with Gasteiger partial charge < -0.3 is 10.0 Å². The highest BCUT2D eigenvalue weighted by molar-refractivity contribution is 6.30. The number of aliphatic hydroxyl groups is 1. The summed E-state index contributed by atoms with van der Waals surface area (Å²) in [5.41, 5.74) is 3.43. The largest absolute Gasteiger partial charge is 0.390 e. The molecule has 2 aliphatic rings. The molecule has 0 radical (unpaired) electrons. The van der Waals surface area contributed by atoms with Crippen molar-refractivity contribution in [3.63, 3.8) is 0 Å². The molecule has 2 aliphatic heterocycles. The van der Waals surface area contributed by atoms with E-state index in [0.717, 1.165) is 61.0 Å². The van der Waals surface area contributed by atoms with Crippen molar-refractivity contribution < 1.29 is 5.11 Å². The van der Waals surface area contributed by atoms with Crippen LogP contribution in [0.25, 0.3) is 10.9 Å². The molecule has 2 saturated heterocycles. The average Bonchev–Trinajstić information content (AvgIpc) is 3.16. The lowest BCUT2D eigenvalue weighted by Gasteiger charge is -2.38. The second-order valence-electron chi connectivity index (χ2n) is 8.70. The minimum atomic E-state index is -0.377. The Morgan fingerprint density at radius 3 is 2.55 bits per heavy atom. The number of aliphatic hydroxyl groups excluding tert-OH is 1. The van der Waals surface area contributed by atoms with Crippen molar-refractivity contribution in [3.05, 3.63) is 64.9 Å². The van der Waals surface area contributed by atoms with E-state index < -0.39 is 0 Å². The van der Waals surface area contributed by atoms with Gasteiger partial charge in [-0.25, -0.2) is 9.97 Å². The average molecular weight is 438 g/mol. The minimum Gasteiger partial charge on any atom is -0.390 e. The fourth-order valence-corrected chi connectivity index (χ4v) is 4.93. The second kappa shape index (κ2) is 8.71. The molecule has 3 heterocycles. The highest BCUT2D eigenvalue weighted by Crippen LogP contribution is 2.28. The number of β-amino-alcohol motifs (C(OH)–C–C–N with tert-alkyl or cyclic N) is 1. The Morgan fingerprint density at radius 1 is 1.00 bits per heavy atom. The van der Waals surface area contributed by atoms with E-state index in [2.05, 4.69) is 61.9 Å². The maximum atomic E-state index is 10.9. The van der Waals surface area contributed by atoms with E-state index in [1.807, 2.05) is 12.1 Å². The van der Waals surface area contributed by atoms with E-state index in [-0.39, 0.29) is 12.1 Å². The summed E-state index contributed by atoms with van der Waals surface area (Å²) in [6, 6.07) is 14.5. The summed E-state index contributed by atoms with van der Waals surface area (Å²) in [6.07, 6.45) is 1.25. The molecular formula is C24H28ClN5O. The van der Waals surface area contributed by atoms with Gasteiger partial charge in [-0.1, -0.05) is 29.8 Å². The van der Waals surface area contributed by atoms with E-state index in [1.54, 1.807) is 6.33 Å². The maximum Gasteiger partial charge on any atom is 0.140 e. The number of aryl methyl sites for hydroxylation is 1. The SMILES string of the molecule is Cc1ccc2c(N3C[C@H](O)[C@@H](N4CCN(Cc5ccc(Cl)cc5)CC4)C3)ncnc2c1. The zero-order valence-corrected chi connectivity index (χ0v) is 18.5. The molecule has 2 atom stereocenters. The predicted molar refractivity (Wildman–Crippen MR) is 125 cm³/mol. The highest BCUT2D eigenvalue weighted by Gasteiger charge is 2.37. The van der Waals surface area contributed by atoms with Crippen LogP contribution < -0.4 is 4.90 Å². The van der Waals surface area contributed by atoms with Crippen molar-refractivity contribution in [2.24, 2.45) is 0 Å². The molecule has 1 aromatic heterocycles. The van der Waals surface area contributed by atoms with E-state index in [4.69, 9.17) is 11.6 Å². The zero-order chi connectivity index (χ0) is 21.4. The Labute approximate surface area is 188 Å². The number of aromatic nitrogens is 2. The third-order valence-electron chi connectivity index (χ3n) is 6.52. The van der Waals surface area contributed by atoms with Crippen LogP contribution in [0.1, 0.15) is 11.1 Å². The lowest BCUT2D eigenvalue weighted by molar-refractivity contribution is 0.0424. The van der Waals surface area contributed by atoms with Gasteiger partial charge in [0.1, 0.15) is 12.1 Å². The first kappa shape index (κ1) is 20.6. The number of nitrogens with zero attached hydrogens (tertiary/aromatic N) is 5. The summed E-state index contributed by atoms with van der Waals surface area (Å²) in [6.45, 7) is 8.34. The summed E-state index contributed by atoms with van der Waals surface area (Å²) < 4.78 is 0. The van der Waals surface area contributed by atoms with Crippen molar-refractivity contribution in [2.75, 3.05) is 44.2 Å². The smallest absolute Gasteiger partial charge is 0.140 e. The van der Waals surface area contributed by atoms with Crippen LogP contribution in [0, 0.1) is 6.92 Å². The van der Waals surface area contributed by atoms with Gasteiger partial charge in [-0.15, -0.1) is 0 Å². The molecular weight excluding hydrogens is 410 g/mol. The molecule has 3 aromatic rings. The summed E-state index contributed by atoms with van der Waals surface area (Å²) in [7, 11) is 0. The van der Waals surface area contributed by atoms with Gasteiger partial charge in [-0.2, -0.15) is 0 Å². The van der Waals surface area contributed by atoms with Gasteiger partial charge in [0.2, 0.25) is 0 Å². The summed E-state index contributed by atoms with van der Waals surface area (Å²) in [4.78, 5) is 16.1. The quantitative estimate of drug-likeness (QED) is 0.677. The fourth-order valence-electron chi connectivity index (χ4n) is 4.81. The Kier molecular flexibility index (Phi) is 5.80. The number of anilines is 1. The van der Waals surface area contributed by atoms with E-state index in [9.17, 15) is 5.11 Å². The first-order valence-corrected chi connectivity index (χ1v) is 11.3. The molecule has 1 N–H and O–H groups in total. The van der Waals surface area contributed by atoms with Crippen LogP contribution in [0.15, 0.2) is 48.8 Å². The van der Waals surface area contributed by atoms with Crippen molar-refractivity contribution in [1.82, 2.24) is 19.8 Å². The number of hydrogen-bond donors (Lipinski definition) is 1. The molecule has 2 aromatic carbocycles. The third-order valence-corrected chi connectivity index (χ3v) is 6.78. The molecule has 0 aliphatic carbocycles. The normalized spacial score (nSPS) is 23.0. The van der Waals surface area contributed by atoms with E-state index >= 15 is 0 Å². The van der Waals surface area contributed by atoms with Gasteiger partial charge in [0.25, 0.3) is 0 Å². The van der Waals surface area contributed by atoms with E-state index in [0.29, 0.717) is 6.54 Å². The predicted octanol–water partition coefficient (Wildman–Crippen LogP) is 2.96. The Bertz CT molecular complexity index is 1050. The standard InChI is InChI=1S/C24H28ClN5O/c1-17-2-7-20-21(12-17)26-16-27-24(20)30-14-22(23(31)15-30)29-10-8-28(9-11-29)13-18-3-5-19(25)6-4-18/h2-7,12,16,22-23,31H,8-11,13-15H2,1H3/t22-,23-/m0/s1. The van der Waals surface area contributed by atoms with Crippen LogP contribution in [-0.4, -0.2) is 76.3 Å². The van der Waals surface area contributed by atoms with Gasteiger partial charge in [0.05, 0.1) is 17.7 Å². The lowest BCUT2D eigenvalue weighted by atomic mass is 10.1. The topological polar surface area (TPSA) is 55.7 Å². The van der Waals surface area contributed by atoms with Crippen LogP contribution >= 0.6 is 11.6 Å². The number of fused-ring (bicyclic) bond motifs is 1. The van der Waals surface area contributed by atoms with Crippen LogP contribution in [-0.2, 0) is 6.54 Å². The van der Waals surface area contributed by atoms with Crippen molar-refractivity contribution in [2.45, 2.75) is 25.6 Å². The highest BCUT2D eigenvalue weighted by atomic mass is 35.5. The fraction of sp³-hybridized carbons (Fsp3) is 0.417. The summed E-state index contributed by atoms with van der Waals surface area (Å²) >= 11 is 6.00. The number of halogens is 1. The second-order valence-corrected chi connectivity index (χ2v) is 9.13. The molecule has 162 valence electrons. The zero-order valence-electron chi connectivity index (χ0n) is 17.8. The van der Waals surface area contributed by atoms with Gasteiger partial charge in [0.15, 0.2) is 0 Å². The number of piperazine rings is 1. The van der Waals surface area contributed by atoms with Crippen LogP contribution in [0.4, 0.5) is 5.82 Å².